The van der Waals surface area contributed by atoms with Crippen LogP contribution in [-0.2, 0) is 48.5 Å². The van der Waals surface area contributed by atoms with E-state index >= 15 is 0 Å². The van der Waals surface area contributed by atoms with E-state index in [2.05, 4.69) is 0 Å². The second-order valence-corrected chi connectivity index (χ2v) is 2.45. The molecule has 0 aliphatic rings. The van der Waals surface area contributed by atoms with E-state index in [1.165, 1.54) is 0 Å². The first-order valence-electron chi connectivity index (χ1n) is 1.33. The van der Waals surface area contributed by atoms with Gasteiger partial charge in [0.25, 0.3) is 0 Å². The fourth-order valence-electron chi connectivity index (χ4n) is 0. The van der Waals surface area contributed by atoms with Crippen LogP contribution < -0.4 is 0 Å². The molecule has 0 bridgehead atoms. The summed E-state index contributed by atoms with van der Waals surface area (Å²) < 4.78 is 68.2. The van der Waals surface area contributed by atoms with E-state index in [1.54, 1.807) is 0 Å². The van der Waals surface area contributed by atoms with Crippen molar-refractivity contribution >= 4 is 20.8 Å². The predicted molar refractivity (Wildman–Crippen MR) is 20.9 cm³/mol. The van der Waals surface area contributed by atoms with Gasteiger partial charge >= 0.3 is 0 Å². The first-order valence-corrected chi connectivity index (χ1v) is 4.00. The van der Waals surface area contributed by atoms with Crippen molar-refractivity contribution in [2.45, 2.75) is 0 Å². The Kier molecular flexibility index (Phi) is 10.00. The summed E-state index contributed by atoms with van der Waals surface area (Å²) in [5.41, 5.74) is 0. The third-order valence-corrected chi connectivity index (χ3v) is 0. The molecule has 0 aromatic carbocycles. The van der Waals surface area contributed by atoms with Gasteiger partial charge in [0.15, 0.2) is 0 Å². The van der Waals surface area contributed by atoms with Crippen LogP contribution in [0.1, 0.15) is 0 Å². The van der Waals surface area contributed by atoms with Crippen molar-refractivity contribution in [2.75, 3.05) is 0 Å². The Morgan fingerprint density at radius 3 is 0.636 bits per heavy atom. The Balaban J connectivity index is -0.000000107. The van der Waals surface area contributed by atoms with Gasteiger partial charge in [-0.1, -0.05) is 0 Å². The van der Waals surface area contributed by atoms with Crippen LogP contribution in [0.15, 0.2) is 0 Å². The molecule has 0 unspecified atom stereocenters. The molecule has 0 fully saturated rings. The number of hydrogen-bond acceptors (Lipinski definition) is 8. The summed E-state index contributed by atoms with van der Waals surface area (Å²) in [5.74, 6) is 0. The van der Waals surface area contributed by atoms with Gasteiger partial charge in [-0.25, -0.2) is 0 Å². The van der Waals surface area contributed by atoms with Gasteiger partial charge in [0.2, 0.25) is 0 Å². The van der Waals surface area contributed by atoms with Crippen molar-refractivity contribution in [2.24, 2.45) is 0 Å². The molecule has 0 atom stereocenters. The molecule has 8 nitrogen and oxygen atoms in total. The summed E-state index contributed by atoms with van der Waals surface area (Å²) >= 11 is 0. The van der Waals surface area contributed by atoms with Gasteiger partial charge in [0.1, 0.15) is 0 Å². The van der Waals surface area contributed by atoms with Crippen molar-refractivity contribution in [3.05, 3.63) is 0 Å². The molecule has 0 spiro atoms. The molecular weight excluding hydrogens is 393 g/mol. The molecular formula is HgO8S2-4. The molecule has 0 saturated carbocycles. The minimum Gasteiger partial charge on any atom is -0.759 e. The summed E-state index contributed by atoms with van der Waals surface area (Å²) in [4.78, 5) is 0. The second kappa shape index (κ2) is 6.22. The van der Waals surface area contributed by atoms with Crippen LogP contribution >= 0.6 is 0 Å². The molecule has 66 valence electrons. The minimum atomic E-state index is -5.17. The maximum atomic E-state index is 8.52. The first kappa shape index (κ1) is 17.7. The SMILES string of the molecule is O=S(=O)([O-])[O-].O=S(=O)([O-])[O-].[Hg]. The van der Waals surface area contributed by atoms with Crippen LogP contribution in [0, 0.1) is 0 Å². The average molecular weight is 393 g/mol. The van der Waals surface area contributed by atoms with E-state index in [0.717, 1.165) is 0 Å². The molecule has 0 aliphatic heterocycles. The molecule has 11 heavy (non-hydrogen) atoms. The van der Waals surface area contributed by atoms with Gasteiger partial charge in [0.05, 0.1) is 0 Å². The zero-order valence-corrected chi connectivity index (χ0v) is 11.9. The second-order valence-electron chi connectivity index (χ2n) is 0.816. The molecule has 0 saturated heterocycles. The fraction of sp³-hybridized carbons (Fsp3) is 0. The van der Waals surface area contributed by atoms with Crippen LogP contribution in [0.4, 0.5) is 0 Å². The van der Waals surface area contributed by atoms with Crippen LogP contribution in [-0.4, -0.2) is 35.0 Å². The van der Waals surface area contributed by atoms with Crippen molar-refractivity contribution in [1.29, 1.82) is 0 Å². The number of hydrogen-bond donors (Lipinski definition) is 0. The van der Waals surface area contributed by atoms with E-state index < -0.39 is 20.8 Å². The summed E-state index contributed by atoms with van der Waals surface area (Å²) in [6, 6.07) is 0. The van der Waals surface area contributed by atoms with E-state index in [4.69, 9.17) is 35.0 Å². The predicted octanol–water partition coefficient (Wildman–Crippen LogP) is -2.68. The van der Waals surface area contributed by atoms with Crippen molar-refractivity contribution in [1.82, 2.24) is 0 Å². The van der Waals surface area contributed by atoms with Crippen LogP contribution in [0.2, 0.25) is 0 Å². The van der Waals surface area contributed by atoms with Gasteiger partial charge < -0.3 is 18.2 Å². The fourth-order valence-corrected chi connectivity index (χ4v) is 0. The molecule has 0 radical (unpaired) electrons. The Hall–Kier alpha value is 0.675. The van der Waals surface area contributed by atoms with Gasteiger partial charge in [-0.05, 0) is 0 Å². The maximum Gasteiger partial charge on any atom is 0.0311 e. The molecule has 0 aliphatic carbocycles. The third-order valence-electron chi connectivity index (χ3n) is 0. The zero-order valence-electron chi connectivity index (χ0n) is 4.79. The van der Waals surface area contributed by atoms with Crippen molar-refractivity contribution in [3.8, 4) is 0 Å². The van der Waals surface area contributed by atoms with Crippen LogP contribution in [0.5, 0.6) is 0 Å². The maximum absolute atomic E-state index is 8.52. The molecule has 0 N–H and O–H groups in total. The minimum absolute atomic E-state index is 0. The summed E-state index contributed by atoms with van der Waals surface area (Å²) in [6.07, 6.45) is 0. The van der Waals surface area contributed by atoms with E-state index in [1.807, 2.05) is 0 Å². The Bertz CT molecular complexity index is 208. The van der Waals surface area contributed by atoms with Crippen molar-refractivity contribution in [3.63, 3.8) is 0 Å². The molecule has 0 rings (SSSR count). The van der Waals surface area contributed by atoms with Crippen LogP contribution in [0.25, 0.3) is 0 Å². The van der Waals surface area contributed by atoms with E-state index in [9.17, 15) is 0 Å². The molecule has 0 aromatic rings. The topological polar surface area (TPSA) is 161 Å². The Labute approximate surface area is 83.3 Å². The molecule has 0 aromatic heterocycles. The Morgan fingerprint density at radius 1 is 0.636 bits per heavy atom. The van der Waals surface area contributed by atoms with E-state index in [0.29, 0.717) is 0 Å². The van der Waals surface area contributed by atoms with Gasteiger partial charge in [0, 0.05) is 48.5 Å². The van der Waals surface area contributed by atoms with E-state index in [-0.39, 0.29) is 27.7 Å². The third kappa shape index (κ3) is 1760. The van der Waals surface area contributed by atoms with Gasteiger partial charge in [-0.2, -0.15) is 0 Å². The standard InChI is InChI=1S/Hg.2H2O4S/c;2*1-5(2,3)4/h;2*(H2,1,2,3,4)/p-4. The smallest absolute Gasteiger partial charge is 0.0311 e. The zero-order chi connectivity index (χ0) is 9.00. The van der Waals surface area contributed by atoms with Crippen LogP contribution in [0.3, 0.4) is 0 Å². The first-order chi connectivity index (χ1) is 4.00. The summed E-state index contributed by atoms with van der Waals surface area (Å²) in [7, 11) is -10.3. The summed E-state index contributed by atoms with van der Waals surface area (Å²) in [5, 5.41) is 0. The normalized spacial score (nSPS) is 10.5. The average Bonchev–Trinajstić information content (AvgIpc) is 1.12. The monoisotopic (exact) mass is 394 g/mol. The molecule has 11 heteroatoms. The quantitative estimate of drug-likeness (QED) is 0.245. The van der Waals surface area contributed by atoms with Crippen molar-refractivity contribution < 1.29 is 62.7 Å². The molecule has 0 amide bonds. The largest absolute Gasteiger partial charge is 0.759 e. The number of rotatable bonds is 0. The van der Waals surface area contributed by atoms with Gasteiger partial charge in [-0.3, -0.25) is 16.8 Å². The Morgan fingerprint density at radius 2 is 0.636 bits per heavy atom. The summed E-state index contributed by atoms with van der Waals surface area (Å²) in [6.45, 7) is 0. The van der Waals surface area contributed by atoms with Gasteiger partial charge in [-0.15, -0.1) is 0 Å². The molecule has 0 heterocycles.